The van der Waals surface area contributed by atoms with Crippen LogP contribution in [0.5, 0.6) is 0 Å². The first-order chi connectivity index (χ1) is 6.77. The van der Waals surface area contributed by atoms with Gasteiger partial charge in [-0.3, -0.25) is 4.79 Å². The Morgan fingerprint density at radius 1 is 1.50 bits per heavy atom. The highest BCUT2D eigenvalue weighted by molar-refractivity contribution is 7.08. The molecule has 0 atom stereocenters. The second-order valence-electron chi connectivity index (χ2n) is 2.90. The van der Waals surface area contributed by atoms with Crippen LogP contribution >= 0.6 is 11.3 Å². The van der Waals surface area contributed by atoms with Crippen molar-refractivity contribution in [2.45, 2.75) is 13.8 Å². The highest BCUT2D eigenvalue weighted by Crippen LogP contribution is 2.07. The molecular formula is C11H15NOS. The summed E-state index contributed by atoms with van der Waals surface area (Å²) in [6.07, 6.45) is 3.49. The standard InChI is InChI=1S/C11H15NOS/c1-3-12(4-2)11(13)6-5-10-7-8-14-9-10/h5-9H,3-4H2,1-2H3/b6-5+. The van der Waals surface area contributed by atoms with Gasteiger partial charge < -0.3 is 4.90 Å². The predicted octanol–water partition coefficient (Wildman–Crippen LogP) is 2.63. The lowest BCUT2D eigenvalue weighted by atomic mass is 10.3. The Kier molecular flexibility index (Phi) is 4.40. The van der Waals surface area contributed by atoms with Crippen LogP contribution in [0.3, 0.4) is 0 Å². The first kappa shape index (κ1) is 11.0. The summed E-state index contributed by atoms with van der Waals surface area (Å²) in [7, 11) is 0. The maximum absolute atomic E-state index is 11.5. The van der Waals surface area contributed by atoms with Crippen molar-refractivity contribution in [2.24, 2.45) is 0 Å². The van der Waals surface area contributed by atoms with E-state index < -0.39 is 0 Å². The molecule has 0 spiro atoms. The molecule has 0 N–H and O–H groups in total. The van der Waals surface area contributed by atoms with Gasteiger partial charge in [-0.05, 0) is 42.3 Å². The smallest absolute Gasteiger partial charge is 0.246 e. The minimum atomic E-state index is 0.0844. The third-order valence-corrected chi connectivity index (χ3v) is 2.74. The third-order valence-electron chi connectivity index (χ3n) is 2.04. The summed E-state index contributed by atoms with van der Waals surface area (Å²) in [5, 5.41) is 4.02. The summed E-state index contributed by atoms with van der Waals surface area (Å²) < 4.78 is 0. The number of amides is 1. The van der Waals surface area contributed by atoms with Crippen LogP contribution in [0.4, 0.5) is 0 Å². The average Bonchev–Trinajstić information content (AvgIpc) is 2.69. The SMILES string of the molecule is CCN(CC)C(=O)/C=C/c1ccsc1. The van der Waals surface area contributed by atoms with E-state index in [0.29, 0.717) is 0 Å². The van der Waals surface area contributed by atoms with E-state index in [4.69, 9.17) is 0 Å². The second-order valence-corrected chi connectivity index (χ2v) is 3.68. The average molecular weight is 209 g/mol. The molecule has 0 saturated carbocycles. The number of hydrogen-bond acceptors (Lipinski definition) is 2. The van der Waals surface area contributed by atoms with Crippen LogP contribution in [-0.2, 0) is 4.79 Å². The molecule has 0 aliphatic carbocycles. The van der Waals surface area contributed by atoms with Gasteiger partial charge in [-0.2, -0.15) is 11.3 Å². The molecular weight excluding hydrogens is 194 g/mol. The predicted molar refractivity (Wildman–Crippen MR) is 61.3 cm³/mol. The molecule has 1 rings (SSSR count). The number of likely N-dealkylation sites (N-methyl/N-ethyl adjacent to an activating group) is 1. The topological polar surface area (TPSA) is 20.3 Å². The molecule has 0 fully saturated rings. The molecule has 14 heavy (non-hydrogen) atoms. The molecule has 3 heteroatoms. The third kappa shape index (κ3) is 3.00. The molecule has 2 nitrogen and oxygen atoms in total. The molecule has 0 aromatic carbocycles. The lowest BCUT2D eigenvalue weighted by molar-refractivity contribution is -0.125. The number of hydrogen-bond donors (Lipinski definition) is 0. The number of thiophene rings is 1. The quantitative estimate of drug-likeness (QED) is 0.698. The molecule has 0 radical (unpaired) electrons. The van der Waals surface area contributed by atoms with Gasteiger partial charge in [0, 0.05) is 19.2 Å². The Bertz CT molecular complexity index is 299. The maximum Gasteiger partial charge on any atom is 0.246 e. The molecule has 1 aromatic heterocycles. The highest BCUT2D eigenvalue weighted by atomic mass is 32.1. The summed E-state index contributed by atoms with van der Waals surface area (Å²) in [5.74, 6) is 0.0844. The van der Waals surface area contributed by atoms with Crippen molar-refractivity contribution in [2.75, 3.05) is 13.1 Å². The Morgan fingerprint density at radius 3 is 2.71 bits per heavy atom. The molecule has 0 aliphatic rings. The van der Waals surface area contributed by atoms with Gasteiger partial charge in [0.15, 0.2) is 0 Å². The lowest BCUT2D eigenvalue weighted by Gasteiger charge is -2.15. The fraction of sp³-hybridized carbons (Fsp3) is 0.364. The maximum atomic E-state index is 11.5. The highest BCUT2D eigenvalue weighted by Gasteiger charge is 2.03. The molecule has 0 aliphatic heterocycles. The minimum absolute atomic E-state index is 0.0844. The molecule has 76 valence electrons. The van der Waals surface area contributed by atoms with Crippen LogP contribution in [0, 0.1) is 0 Å². The molecule has 0 saturated heterocycles. The zero-order valence-electron chi connectivity index (χ0n) is 8.56. The van der Waals surface area contributed by atoms with E-state index in [1.165, 1.54) is 0 Å². The summed E-state index contributed by atoms with van der Waals surface area (Å²) in [6.45, 7) is 5.51. The van der Waals surface area contributed by atoms with Gasteiger partial charge in [0.2, 0.25) is 5.91 Å². The largest absolute Gasteiger partial charge is 0.340 e. The van der Waals surface area contributed by atoms with Crippen LogP contribution in [0.1, 0.15) is 19.4 Å². The normalized spacial score (nSPS) is 10.7. The van der Waals surface area contributed by atoms with Gasteiger partial charge in [0.25, 0.3) is 0 Å². The Hall–Kier alpha value is -1.09. The Labute approximate surface area is 88.9 Å². The van der Waals surface area contributed by atoms with E-state index >= 15 is 0 Å². The van der Waals surface area contributed by atoms with E-state index in [-0.39, 0.29) is 5.91 Å². The summed E-state index contributed by atoms with van der Waals surface area (Å²) in [4.78, 5) is 13.3. The van der Waals surface area contributed by atoms with Crippen molar-refractivity contribution < 1.29 is 4.79 Å². The number of rotatable bonds is 4. The fourth-order valence-corrected chi connectivity index (χ4v) is 1.81. The van der Waals surface area contributed by atoms with Crippen LogP contribution in [-0.4, -0.2) is 23.9 Å². The van der Waals surface area contributed by atoms with E-state index in [1.807, 2.05) is 36.7 Å². The van der Waals surface area contributed by atoms with Gasteiger partial charge in [-0.15, -0.1) is 0 Å². The molecule has 1 amide bonds. The molecule has 0 bridgehead atoms. The number of nitrogens with zero attached hydrogens (tertiary/aromatic N) is 1. The van der Waals surface area contributed by atoms with Gasteiger partial charge >= 0.3 is 0 Å². The second kappa shape index (κ2) is 5.60. The first-order valence-electron chi connectivity index (χ1n) is 4.77. The number of carbonyl (C=O) groups is 1. The van der Waals surface area contributed by atoms with Gasteiger partial charge in [0.1, 0.15) is 0 Å². The van der Waals surface area contributed by atoms with Crippen LogP contribution < -0.4 is 0 Å². The van der Waals surface area contributed by atoms with E-state index in [1.54, 1.807) is 22.3 Å². The first-order valence-corrected chi connectivity index (χ1v) is 5.71. The van der Waals surface area contributed by atoms with E-state index in [9.17, 15) is 4.79 Å². The minimum Gasteiger partial charge on any atom is -0.340 e. The number of carbonyl (C=O) groups excluding carboxylic acids is 1. The fourth-order valence-electron chi connectivity index (χ4n) is 1.18. The lowest BCUT2D eigenvalue weighted by Crippen LogP contribution is -2.28. The monoisotopic (exact) mass is 209 g/mol. The Balaban J connectivity index is 2.55. The van der Waals surface area contributed by atoms with E-state index in [0.717, 1.165) is 18.7 Å². The van der Waals surface area contributed by atoms with Crippen LogP contribution in [0.2, 0.25) is 0 Å². The zero-order chi connectivity index (χ0) is 10.4. The van der Waals surface area contributed by atoms with Crippen molar-refractivity contribution in [3.8, 4) is 0 Å². The zero-order valence-corrected chi connectivity index (χ0v) is 9.38. The van der Waals surface area contributed by atoms with Gasteiger partial charge in [0.05, 0.1) is 0 Å². The van der Waals surface area contributed by atoms with E-state index in [2.05, 4.69) is 0 Å². The van der Waals surface area contributed by atoms with Crippen molar-refractivity contribution in [3.05, 3.63) is 28.5 Å². The summed E-state index contributed by atoms with van der Waals surface area (Å²) in [5.41, 5.74) is 1.09. The molecule has 0 unspecified atom stereocenters. The molecule has 1 aromatic rings. The van der Waals surface area contributed by atoms with Gasteiger partial charge in [-0.1, -0.05) is 0 Å². The van der Waals surface area contributed by atoms with Crippen molar-refractivity contribution in [3.63, 3.8) is 0 Å². The molecule has 1 heterocycles. The van der Waals surface area contributed by atoms with Crippen LogP contribution in [0.15, 0.2) is 22.9 Å². The van der Waals surface area contributed by atoms with Crippen molar-refractivity contribution in [1.82, 2.24) is 4.90 Å². The van der Waals surface area contributed by atoms with Crippen LogP contribution in [0.25, 0.3) is 6.08 Å². The Morgan fingerprint density at radius 2 is 2.21 bits per heavy atom. The summed E-state index contributed by atoms with van der Waals surface area (Å²) >= 11 is 1.64. The summed E-state index contributed by atoms with van der Waals surface area (Å²) in [6, 6.07) is 2.00. The van der Waals surface area contributed by atoms with Crippen molar-refractivity contribution in [1.29, 1.82) is 0 Å². The van der Waals surface area contributed by atoms with Crippen molar-refractivity contribution >= 4 is 23.3 Å². The van der Waals surface area contributed by atoms with Gasteiger partial charge in [-0.25, -0.2) is 0 Å².